The monoisotopic (exact) mass is 240 g/mol. The van der Waals surface area contributed by atoms with Crippen molar-refractivity contribution < 1.29 is 21.7 Å². The van der Waals surface area contributed by atoms with E-state index < -0.39 is 0 Å². The van der Waals surface area contributed by atoms with Crippen molar-refractivity contribution in [2.24, 2.45) is 0 Å². The van der Waals surface area contributed by atoms with Gasteiger partial charge in [0, 0.05) is 0 Å². The van der Waals surface area contributed by atoms with Gasteiger partial charge in [0.05, 0.1) is 0 Å². The van der Waals surface area contributed by atoms with E-state index in [1.54, 1.807) is 24.3 Å². The SMILES string of the molecule is C=CC[N-]CC=C.C=CC[N-]CC=C.[Ti+2]. The molecule has 15 heavy (non-hydrogen) atoms. The van der Waals surface area contributed by atoms with Gasteiger partial charge in [-0.2, -0.15) is 0 Å². The second kappa shape index (κ2) is 23.4. The second-order valence-electron chi connectivity index (χ2n) is 2.33. The summed E-state index contributed by atoms with van der Waals surface area (Å²) >= 11 is 0. The van der Waals surface area contributed by atoms with Crippen molar-refractivity contribution in [1.29, 1.82) is 0 Å². The first kappa shape index (κ1) is 20.1. The zero-order valence-electron chi connectivity index (χ0n) is 9.36. The van der Waals surface area contributed by atoms with Crippen LogP contribution in [-0.4, -0.2) is 26.2 Å². The van der Waals surface area contributed by atoms with E-state index >= 15 is 0 Å². The van der Waals surface area contributed by atoms with Gasteiger partial charge in [-0.25, -0.2) is 0 Å². The van der Waals surface area contributed by atoms with Crippen LogP contribution in [0.15, 0.2) is 50.6 Å². The van der Waals surface area contributed by atoms with Crippen LogP contribution in [0, 0.1) is 0 Å². The summed E-state index contributed by atoms with van der Waals surface area (Å²) in [6.07, 6.45) is 7.07. The molecule has 0 radical (unpaired) electrons. The third-order valence-electron chi connectivity index (χ3n) is 1.03. The molecule has 0 spiro atoms. The van der Waals surface area contributed by atoms with Crippen LogP contribution >= 0.6 is 0 Å². The molecule has 0 saturated carbocycles. The second-order valence-corrected chi connectivity index (χ2v) is 2.33. The first-order valence-corrected chi connectivity index (χ1v) is 4.53. The van der Waals surface area contributed by atoms with Crippen LogP contribution in [0.1, 0.15) is 0 Å². The Morgan fingerprint density at radius 2 is 0.800 bits per heavy atom. The van der Waals surface area contributed by atoms with E-state index in [9.17, 15) is 0 Å². The standard InChI is InChI=1S/2C6H10N.Ti/c2*1-3-5-7-6-4-2;/h2*3-4H,1-2,5-6H2;/q2*-1;+2. The fourth-order valence-electron chi connectivity index (χ4n) is 0.514. The Kier molecular flexibility index (Phi) is 31.3. The summed E-state index contributed by atoms with van der Waals surface area (Å²) in [5, 5.41) is 7.94. The maximum Gasteiger partial charge on any atom is 2.00 e. The fourth-order valence-corrected chi connectivity index (χ4v) is 0.514. The number of nitrogens with zero attached hydrogens (tertiary/aromatic N) is 2. The van der Waals surface area contributed by atoms with Crippen molar-refractivity contribution in [2.45, 2.75) is 0 Å². The molecule has 82 valence electrons. The number of rotatable bonds is 8. The minimum absolute atomic E-state index is 0. The maximum absolute atomic E-state index is 3.97. The molecule has 2 nitrogen and oxygen atoms in total. The number of hydrogen-bond donors (Lipinski definition) is 0. The summed E-state index contributed by atoms with van der Waals surface area (Å²) in [4.78, 5) is 0. The van der Waals surface area contributed by atoms with Gasteiger partial charge >= 0.3 is 21.7 Å². The van der Waals surface area contributed by atoms with Crippen LogP contribution in [0.25, 0.3) is 10.6 Å². The molecule has 0 rings (SSSR count). The van der Waals surface area contributed by atoms with Gasteiger partial charge in [-0.15, -0.1) is 76.8 Å². The Bertz CT molecular complexity index is 122. The van der Waals surface area contributed by atoms with E-state index in [-0.39, 0.29) is 21.7 Å². The van der Waals surface area contributed by atoms with Gasteiger partial charge in [-0.1, -0.05) is 0 Å². The zero-order valence-corrected chi connectivity index (χ0v) is 10.9. The molecule has 0 saturated heterocycles. The molecule has 0 aliphatic heterocycles. The third kappa shape index (κ3) is 31.7. The van der Waals surface area contributed by atoms with Crippen LogP contribution in [-0.2, 0) is 21.7 Å². The minimum Gasteiger partial charge on any atom is -0.656 e. The van der Waals surface area contributed by atoms with Crippen LogP contribution in [0.3, 0.4) is 0 Å². The molecule has 0 heterocycles. The van der Waals surface area contributed by atoms with E-state index in [1.165, 1.54) is 0 Å². The van der Waals surface area contributed by atoms with E-state index in [4.69, 9.17) is 0 Å². The molecule has 0 aromatic carbocycles. The van der Waals surface area contributed by atoms with Crippen molar-refractivity contribution in [3.63, 3.8) is 0 Å². The molecule has 0 fully saturated rings. The van der Waals surface area contributed by atoms with Gasteiger partial charge < -0.3 is 10.6 Å². The average molecular weight is 240 g/mol. The van der Waals surface area contributed by atoms with Gasteiger partial charge in [0.15, 0.2) is 0 Å². The van der Waals surface area contributed by atoms with Crippen LogP contribution in [0.4, 0.5) is 0 Å². The Morgan fingerprint density at radius 1 is 0.600 bits per heavy atom. The summed E-state index contributed by atoms with van der Waals surface area (Å²) < 4.78 is 0. The molecule has 0 aromatic heterocycles. The van der Waals surface area contributed by atoms with Gasteiger partial charge in [0.25, 0.3) is 0 Å². The summed E-state index contributed by atoms with van der Waals surface area (Å²) in [5.41, 5.74) is 0. The van der Waals surface area contributed by atoms with Crippen molar-refractivity contribution >= 4 is 0 Å². The molecule has 0 unspecified atom stereocenters. The summed E-state index contributed by atoms with van der Waals surface area (Å²) in [5.74, 6) is 0. The largest absolute Gasteiger partial charge is 2.00 e. The van der Waals surface area contributed by atoms with Crippen LogP contribution < -0.4 is 0 Å². The first-order valence-electron chi connectivity index (χ1n) is 4.53. The van der Waals surface area contributed by atoms with Gasteiger partial charge in [-0.05, 0) is 0 Å². The topological polar surface area (TPSA) is 28.2 Å². The predicted octanol–water partition coefficient (Wildman–Crippen LogP) is 3.46. The van der Waals surface area contributed by atoms with E-state index in [1.807, 2.05) is 0 Å². The Morgan fingerprint density at radius 3 is 0.933 bits per heavy atom. The summed E-state index contributed by atoms with van der Waals surface area (Å²) in [6, 6.07) is 0. The molecule has 0 amide bonds. The molecule has 0 bridgehead atoms. The Balaban J connectivity index is -0.000000180. The van der Waals surface area contributed by atoms with Crippen LogP contribution in [0.2, 0.25) is 0 Å². The van der Waals surface area contributed by atoms with E-state index in [2.05, 4.69) is 36.9 Å². The normalized spacial score (nSPS) is 7.47. The molecule has 0 N–H and O–H groups in total. The van der Waals surface area contributed by atoms with Gasteiger partial charge in [0.1, 0.15) is 0 Å². The predicted molar refractivity (Wildman–Crippen MR) is 67.0 cm³/mol. The molecule has 0 aromatic rings. The van der Waals surface area contributed by atoms with Crippen molar-refractivity contribution in [3.8, 4) is 0 Å². The molecule has 0 aliphatic rings. The van der Waals surface area contributed by atoms with Gasteiger partial charge in [0.2, 0.25) is 0 Å². The van der Waals surface area contributed by atoms with E-state index in [0.717, 1.165) is 26.2 Å². The van der Waals surface area contributed by atoms with E-state index in [0.29, 0.717) is 0 Å². The Labute approximate surface area is 109 Å². The fraction of sp³-hybridized carbons (Fsp3) is 0.333. The van der Waals surface area contributed by atoms with Crippen molar-refractivity contribution in [1.82, 2.24) is 0 Å². The Hall–Kier alpha value is -0.406. The quantitative estimate of drug-likeness (QED) is 0.353. The molecular weight excluding hydrogens is 220 g/mol. The molecule has 3 heteroatoms. The summed E-state index contributed by atoms with van der Waals surface area (Å²) in [7, 11) is 0. The van der Waals surface area contributed by atoms with Crippen molar-refractivity contribution in [2.75, 3.05) is 26.2 Å². The zero-order chi connectivity index (χ0) is 11.1. The smallest absolute Gasteiger partial charge is 0.656 e. The molecule has 0 aliphatic carbocycles. The molecule has 0 atom stereocenters. The third-order valence-corrected chi connectivity index (χ3v) is 1.03. The minimum atomic E-state index is 0. The molecular formula is C12H20N2Ti. The maximum atomic E-state index is 3.97. The first-order chi connectivity index (χ1) is 6.83. The van der Waals surface area contributed by atoms with Crippen molar-refractivity contribution in [3.05, 3.63) is 61.3 Å². The van der Waals surface area contributed by atoms with Gasteiger partial charge in [-0.3, -0.25) is 0 Å². The number of hydrogen-bond acceptors (Lipinski definition) is 0. The summed E-state index contributed by atoms with van der Waals surface area (Å²) in [6.45, 7) is 17.0. The van der Waals surface area contributed by atoms with Crippen LogP contribution in [0.5, 0.6) is 0 Å². The average Bonchev–Trinajstić information content (AvgIpc) is 2.21.